The monoisotopic (exact) mass is 324 g/mol. The SMILES string of the molecule is CCCCCCOc1ccc(-c2ncccc2C(=O)O)cc1C#N. The smallest absolute Gasteiger partial charge is 0.337 e. The summed E-state index contributed by atoms with van der Waals surface area (Å²) < 4.78 is 5.68. The molecule has 0 spiro atoms. The largest absolute Gasteiger partial charge is 0.492 e. The molecule has 2 rings (SSSR count). The molecule has 1 N–H and O–H groups in total. The minimum absolute atomic E-state index is 0.106. The first-order valence-corrected chi connectivity index (χ1v) is 8.03. The van der Waals surface area contributed by atoms with Crippen LogP contribution in [0.2, 0.25) is 0 Å². The lowest BCUT2D eigenvalue weighted by molar-refractivity contribution is 0.0697. The number of carboxylic acids is 1. The van der Waals surface area contributed by atoms with Crippen LogP contribution in [0, 0.1) is 11.3 Å². The van der Waals surface area contributed by atoms with Gasteiger partial charge in [-0.2, -0.15) is 5.26 Å². The first-order chi connectivity index (χ1) is 11.7. The third-order valence-electron chi connectivity index (χ3n) is 3.67. The number of unbranched alkanes of at least 4 members (excludes halogenated alkanes) is 3. The highest BCUT2D eigenvalue weighted by Crippen LogP contribution is 2.27. The number of carboxylic acid groups (broad SMARTS) is 1. The number of pyridine rings is 1. The van der Waals surface area contributed by atoms with Crippen LogP contribution in [0.3, 0.4) is 0 Å². The average molecular weight is 324 g/mol. The first kappa shape index (κ1) is 17.5. The minimum Gasteiger partial charge on any atom is -0.492 e. The number of hydrogen-bond donors (Lipinski definition) is 1. The number of carbonyl (C=O) groups is 1. The second-order valence-electron chi connectivity index (χ2n) is 5.44. The molecule has 0 radical (unpaired) electrons. The highest BCUT2D eigenvalue weighted by Gasteiger charge is 2.14. The Morgan fingerprint density at radius 1 is 1.29 bits per heavy atom. The molecule has 0 aliphatic rings. The molecule has 0 bridgehead atoms. The number of benzene rings is 1. The standard InChI is InChI=1S/C19H20N2O3/c1-2-3-4-5-11-24-17-9-8-14(12-15(17)13-20)18-16(19(22)23)7-6-10-21-18/h6-10,12H,2-5,11H2,1H3,(H,22,23). The third-order valence-corrected chi connectivity index (χ3v) is 3.67. The second kappa shape index (κ2) is 8.68. The summed E-state index contributed by atoms with van der Waals surface area (Å²) in [5.41, 5.74) is 1.42. The molecule has 0 aliphatic carbocycles. The van der Waals surface area contributed by atoms with E-state index >= 15 is 0 Å². The number of aromatic nitrogens is 1. The molecule has 0 aliphatic heterocycles. The predicted molar refractivity (Wildman–Crippen MR) is 91.0 cm³/mol. The lowest BCUT2D eigenvalue weighted by atomic mass is 10.0. The molecule has 1 aromatic carbocycles. The van der Waals surface area contributed by atoms with E-state index in [1.807, 2.05) is 0 Å². The fourth-order valence-electron chi connectivity index (χ4n) is 2.41. The van der Waals surface area contributed by atoms with Gasteiger partial charge in [0.2, 0.25) is 0 Å². The van der Waals surface area contributed by atoms with Gasteiger partial charge in [-0.25, -0.2) is 4.79 Å². The Morgan fingerprint density at radius 2 is 2.12 bits per heavy atom. The van der Waals surface area contributed by atoms with Crippen molar-refractivity contribution in [2.75, 3.05) is 6.61 Å². The maximum Gasteiger partial charge on any atom is 0.337 e. The van der Waals surface area contributed by atoms with E-state index in [4.69, 9.17) is 4.74 Å². The second-order valence-corrected chi connectivity index (χ2v) is 5.44. The number of nitriles is 1. The van der Waals surface area contributed by atoms with Gasteiger partial charge in [-0.05, 0) is 36.8 Å². The fourth-order valence-corrected chi connectivity index (χ4v) is 2.41. The normalized spacial score (nSPS) is 10.2. The Morgan fingerprint density at radius 3 is 2.83 bits per heavy atom. The maximum atomic E-state index is 11.3. The zero-order chi connectivity index (χ0) is 17.4. The number of ether oxygens (including phenoxy) is 1. The van der Waals surface area contributed by atoms with Gasteiger partial charge in [0.25, 0.3) is 0 Å². The molecule has 0 amide bonds. The van der Waals surface area contributed by atoms with Crippen LogP contribution in [0.5, 0.6) is 5.75 Å². The maximum absolute atomic E-state index is 11.3. The molecule has 0 saturated carbocycles. The van der Waals surface area contributed by atoms with E-state index in [1.54, 1.807) is 24.3 Å². The summed E-state index contributed by atoms with van der Waals surface area (Å²) in [5.74, 6) is -0.529. The summed E-state index contributed by atoms with van der Waals surface area (Å²) in [6, 6.07) is 10.2. The zero-order valence-electron chi connectivity index (χ0n) is 13.7. The molecule has 124 valence electrons. The average Bonchev–Trinajstić information content (AvgIpc) is 2.61. The Bertz CT molecular complexity index is 751. The molecule has 5 heteroatoms. The van der Waals surface area contributed by atoms with Crippen LogP contribution in [0.25, 0.3) is 11.3 Å². The lowest BCUT2D eigenvalue weighted by Gasteiger charge is -2.10. The van der Waals surface area contributed by atoms with Crippen molar-refractivity contribution in [2.45, 2.75) is 32.6 Å². The highest BCUT2D eigenvalue weighted by molar-refractivity contribution is 5.94. The van der Waals surface area contributed by atoms with E-state index in [-0.39, 0.29) is 5.56 Å². The van der Waals surface area contributed by atoms with Crippen LogP contribution in [-0.4, -0.2) is 22.7 Å². The molecule has 1 heterocycles. The van der Waals surface area contributed by atoms with Gasteiger partial charge in [0.05, 0.1) is 23.4 Å². The van der Waals surface area contributed by atoms with Gasteiger partial charge in [-0.1, -0.05) is 26.2 Å². The summed E-state index contributed by atoms with van der Waals surface area (Å²) in [4.78, 5) is 15.5. The van der Waals surface area contributed by atoms with Crippen molar-refractivity contribution < 1.29 is 14.6 Å². The number of hydrogen-bond acceptors (Lipinski definition) is 4. The Kier molecular flexibility index (Phi) is 6.32. The van der Waals surface area contributed by atoms with Crippen molar-refractivity contribution in [3.63, 3.8) is 0 Å². The van der Waals surface area contributed by atoms with Crippen LogP contribution in [0.15, 0.2) is 36.5 Å². The van der Waals surface area contributed by atoms with Crippen LogP contribution >= 0.6 is 0 Å². The van der Waals surface area contributed by atoms with E-state index in [2.05, 4.69) is 18.0 Å². The number of nitrogens with zero attached hydrogens (tertiary/aromatic N) is 2. The molecule has 2 aromatic rings. The van der Waals surface area contributed by atoms with E-state index < -0.39 is 5.97 Å². The minimum atomic E-state index is -1.05. The van der Waals surface area contributed by atoms with Crippen LogP contribution in [0.4, 0.5) is 0 Å². The summed E-state index contributed by atoms with van der Waals surface area (Å²) in [7, 11) is 0. The van der Waals surface area contributed by atoms with E-state index in [9.17, 15) is 15.2 Å². The van der Waals surface area contributed by atoms with Crippen molar-refractivity contribution in [1.82, 2.24) is 4.98 Å². The van der Waals surface area contributed by atoms with Gasteiger partial charge in [-0.15, -0.1) is 0 Å². The van der Waals surface area contributed by atoms with E-state index in [0.717, 1.165) is 19.3 Å². The van der Waals surface area contributed by atoms with Crippen molar-refractivity contribution in [3.05, 3.63) is 47.7 Å². The van der Waals surface area contributed by atoms with Gasteiger partial charge < -0.3 is 9.84 Å². The Labute approximate surface area is 141 Å². The Hall–Kier alpha value is -2.87. The summed E-state index contributed by atoms with van der Waals surface area (Å²) >= 11 is 0. The molecule has 0 fully saturated rings. The Balaban J connectivity index is 2.21. The van der Waals surface area contributed by atoms with Crippen LogP contribution < -0.4 is 4.74 Å². The number of rotatable bonds is 8. The van der Waals surface area contributed by atoms with Crippen molar-refractivity contribution >= 4 is 5.97 Å². The number of aromatic carboxylic acids is 1. The molecule has 24 heavy (non-hydrogen) atoms. The third kappa shape index (κ3) is 4.32. The molecular formula is C19H20N2O3. The quantitative estimate of drug-likeness (QED) is 0.733. The van der Waals surface area contributed by atoms with Crippen molar-refractivity contribution in [2.24, 2.45) is 0 Å². The van der Waals surface area contributed by atoms with E-state index in [1.165, 1.54) is 18.7 Å². The van der Waals surface area contributed by atoms with Crippen molar-refractivity contribution in [3.8, 4) is 23.1 Å². The van der Waals surface area contributed by atoms with Gasteiger partial charge in [-0.3, -0.25) is 4.98 Å². The molecule has 0 atom stereocenters. The predicted octanol–water partition coefficient (Wildman–Crippen LogP) is 4.28. The molecule has 0 saturated heterocycles. The molecule has 5 nitrogen and oxygen atoms in total. The molecule has 1 aromatic heterocycles. The van der Waals surface area contributed by atoms with Gasteiger partial charge in [0.15, 0.2) is 0 Å². The molecule has 0 unspecified atom stereocenters. The van der Waals surface area contributed by atoms with Gasteiger partial charge >= 0.3 is 5.97 Å². The molecular weight excluding hydrogens is 304 g/mol. The summed E-state index contributed by atoms with van der Waals surface area (Å²) in [5, 5.41) is 18.6. The first-order valence-electron chi connectivity index (χ1n) is 8.03. The van der Waals surface area contributed by atoms with Crippen LogP contribution in [0.1, 0.15) is 48.5 Å². The lowest BCUT2D eigenvalue weighted by Crippen LogP contribution is -2.02. The van der Waals surface area contributed by atoms with Crippen molar-refractivity contribution in [1.29, 1.82) is 5.26 Å². The van der Waals surface area contributed by atoms with Gasteiger partial charge in [0, 0.05) is 11.8 Å². The zero-order valence-corrected chi connectivity index (χ0v) is 13.7. The highest BCUT2D eigenvalue weighted by atomic mass is 16.5. The van der Waals surface area contributed by atoms with Crippen LogP contribution in [-0.2, 0) is 0 Å². The van der Waals surface area contributed by atoms with E-state index in [0.29, 0.717) is 29.2 Å². The summed E-state index contributed by atoms with van der Waals surface area (Å²) in [6.45, 7) is 2.72. The topological polar surface area (TPSA) is 83.2 Å². The summed E-state index contributed by atoms with van der Waals surface area (Å²) in [6.07, 6.45) is 5.92. The van der Waals surface area contributed by atoms with Gasteiger partial charge in [0.1, 0.15) is 11.8 Å². The fraction of sp³-hybridized carbons (Fsp3) is 0.316.